The van der Waals surface area contributed by atoms with Crippen molar-refractivity contribution in [2.45, 2.75) is 24.3 Å². The number of carbonyl (C=O) groups is 1. The molecule has 1 aliphatic heterocycles. The summed E-state index contributed by atoms with van der Waals surface area (Å²) in [6.07, 6.45) is -10.5. The molecule has 2 rings (SSSR count). The van der Waals surface area contributed by atoms with Gasteiger partial charge in [-0.3, -0.25) is 4.98 Å². The van der Waals surface area contributed by atoms with Crippen LogP contribution in [0.1, 0.15) is 12.0 Å². The zero-order valence-corrected chi connectivity index (χ0v) is 11.4. The number of carboxylic acid groups (broad SMARTS) is 1. The Morgan fingerprint density at radius 1 is 1.26 bits per heavy atom. The molecule has 2 heterocycles. The van der Waals surface area contributed by atoms with Crippen molar-refractivity contribution in [2.24, 2.45) is 0 Å². The fraction of sp³-hybridized carbons (Fsp3) is 0.500. The molecule has 1 aromatic heterocycles. The first-order valence-corrected chi connectivity index (χ1v) is 6.30. The van der Waals surface area contributed by atoms with Gasteiger partial charge in [0.15, 0.2) is 5.54 Å². The predicted molar refractivity (Wildman–Crippen MR) is 66.0 cm³/mol. The first-order chi connectivity index (χ1) is 10.4. The monoisotopic (exact) mass is 343 g/mol. The molecule has 1 saturated heterocycles. The van der Waals surface area contributed by atoms with Crippen molar-refractivity contribution in [3.8, 4) is 0 Å². The highest BCUT2D eigenvalue weighted by molar-refractivity contribution is 5.66. The molecule has 11 heteroatoms. The zero-order valence-electron chi connectivity index (χ0n) is 11.4. The second kappa shape index (κ2) is 5.46. The minimum Gasteiger partial charge on any atom is -0.465 e. The number of hydrogen-bond donors (Lipinski definition) is 2. The number of nitrogens with one attached hydrogen (secondary N) is 1. The third-order valence-corrected chi connectivity index (χ3v) is 3.57. The van der Waals surface area contributed by atoms with Crippen molar-refractivity contribution >= 4 is 11.8 Å². The smallest absolute Gasteiger partial charge is 0.417 e. The van der Waals surface area contributed by atoms with Crippen LogP contribution < -0.4 is 10.2 Å². The van der Waals surface area contributed by atoms with Gasteiger partial charge in [0.1, 0.15) is 0 Å². The van der Waals surface area contributed by atoms with E-state index in [0.29, 0.717) is 12.3 Å². The predicted octanol–water partition coefficient (Wildman–Crippen LogP) is 2.88. The molecule has 1 unspecified atom stereocenters. The standard InChI is InChI=1S/C12H11F6N3O2/c13-11(14,15)7-3-8(5-19-4-7)21-2-1-10(6-21,12(16,17)18)20-9(22)23/h3-5,20H,1-2,6H2,(H,22,23). The normalized spacial score (nSPS) is 22.3. The minimum absolute atomic E-state index is 0.155. The molecule has 1 atom stereocenters. The quantitative estimate of drug-likeness (QED) is 0.811. The van der Waals surface area contributed by atoms with E-state index in [1.54, 1.807) is 0 Å². The lowest BCUT2D eigenvalue weighted by molar-refractivity contribution is -0.187. The number of amides is 1. The van der Waals surface area contributed by atoms with Gasteiger partial charge in [0.2, 0.25) is 0 Å². The number of anilines is 1. The van der Waals surface area contributed by atoms with Crippen LogP contribution in [0, 0.1) is 0 Å². The van der Waals surface area contributed by atoms with E-state index in [1.807, 2.05) is 0 Å². The van der Waals surface area contributed by atoms with Gasteiger partial charge in [0.25, 0.3) is 0 Å². The van der Waals surface area contributed by atoms with Crippen molar-refractivity contribution in [1.82, 2.24) is 10.3 Å². The van der Waals surface area contributed by atoms with Crippen LogP contribution in [-0.4, -0.2) is 41.0 Å². The summed E-state index contributed by atoms with van der Waals surface area (Å²) in [5.41, 5.74) is -3.98. The lowest BCUT2D eigenvalue weighted by atomic mass is 9.98. The lowest BCUT2D eigenvalue weighted by Gasteiger charge is -2.31. The van der Waals surface area contributed by atoms with Crippen LogP contribution >= 0.6 is 0 Å². The highest BCUT2D eigenvalue weighted by atomic mass is 19.4. The Hall–Kier alpha value is -2.20. The minimum atomic E-state index is -4.88. The van der Waals surface area contributed by atoms with Gasteiger partial charge >= 0.3 is 18.4 Å². The van der Waals surface area contributed by atoms with E-state index in [-0.39, 0.29) is 12.2 Å². The molecule has 5 nitrogen and oxygen atoms in total. The van der Waals surface area contributed by atoms with E-state index >= 15 is 0 Å². The summed E-state index contributed by atoms with van der Waals surface area (Å²) >= 11 is 0. The van der Waals surface area contributed by atoms with Gasteiger partial charge in [-0.25, -0.2) is 4.79 Å². The number of rotatable bonds is 2. The summed E-state index contributed by atoms with van der Waals surface area (Å²) in [4.78, 5) is 15.1. The molecule has 0 aliphatic carbocycles. The van der Waals surface area contributed by atoms with Crippen molar-refractivity contribution in [3.05, 3.63) is 24.0 Å². The average Bonchev–Trinajstić information content (AvgIpc) is 2.82. The summed E-state index contributed by atoms with van der Waals surface area (Å²) in [7, 11) is 0. The third-order valence-electron chi connectivity index (χ3n) is 3.57. The molecule has 1 aliphatic rings. The Kier molecular flexibility index (Phi) is 4.07. The SMILES string of the molecule is O=C(O)NC1(C(F)(F)F)CCN(c2cncc(C(F)(F)F)c2)C1. The molecule has 0 spiro atoms. The Morgan fingerprint density at radius 3 is 2.43 bits per heavy atom. The van der Waals surface area contributed by atoms with Gasteiger partial charge in [-0.2, -0.15) is 26.3 Å². The van der Waals surface area contributed by atoms with Crippen LogP contribution in [-0.2, 0) is 6.18 Å². The molecule has 0 aromatic carbocycles. The van der Waals surface area contributed by atoms with E-state index in [4.69, 9.17) is 5.11 Å². The Morgan fingerprint density at radius 2 is 1.91 bits per heavy atom. The summed E-state index contributed by atoms with van der Waals surface area (Å²) < 4.78 is 77.5. The van der Waals surface area contributed by atoms with Crippen molar-refractivity contribution in [3.63, 3.8) is 0 Å². The summed E-state index contributed by atoms with van der Waals surface area (Å²) in [6.45, 7) is -1.09. The van der Waals surface area contributed by atoms with E-state index < -0.39 is 42.5 Å². The van der Waals surface area contributed by atoms with Crippen LogP contribution in [0.5, 0.6) is 0 Å². The summed E-state index contributed by atoms with van der Waals surface area (Å²) in [5, 5.41) is 10.1. The molecule has 1 fully saturated rings. The number of alkyl halides is 6. The first-order valence-electron chi connectivity index (χ1n) is 6.30. The number of nitrogens with zero attached hydrogens (tertiary/aromatic N) is 2. The van der Waals surface area contributed by atoms with Gasteiger partial charge in [0, 0.05) is 12.7 Å². The van der Waals surface area contributed by atoms with E-state index in [9.17, 15) is 31.1 Å². The Balaban J connectivity index is 2.29. The number of halogens is 6. The molecule has 2 N–H and O–H groups in total. The van der Waals surface area contributed by atoms with Crippen molar-refractivity contribution in [1.29, 1.82) is 0 Å². The molecule has 23 heavy (non-hydrogen) atoms. The molecule has 0 saturated carbocycles. The maximum absolute atomic E-state index is 13.2. The molecule has 1 amide bonds. The second-order valence-electron chi connectivity index (χ2n) is 5.11. The molecular weight excluding hydrogens is 332 g/mol. The van der Waals surface area contributed by atoms with Gasteiger partial charge in [0.05, 0.1) is 24.0 Å². The van der Waals surface area contributed by atoms with Gasteiger partial charge in [-0.05, 0) is 12.5 Å². The summed E-state index contributed by atoms with van der Waals surface area (Å²) in [6, 6.07) is 0.681. The maximum Gasteiger partial charge on any atom is 0.417 e. The first kappa shape index (κ1) is 17.2. The molecule has 0 radical (unpaired) electrons. The molecule has 1 aromatic rings. The third kappa shape index (κ3) is 3.42. The largest absolute Gasteiger partial charge is 0.465 e. The van der Waals surface area contributed by atoms with Crippen LogP contribution in [0.2, 0.25) is 0 Å². The number of hydrogen-bond acceptors (Lipinski definition) is 3. The van der Waals surface area contributed by atoms with E-state index in [2.05, 4.69) is 4.98 Å². The number of aromatic nitrogens is 1. The fourth-order valence-corrected chi connectivity index (χ4v) is 2.39. The van der Waals surface area contributed by atoms with Gasteiger partial charge < -0.3 is 15.3 Å². The Bertz CT molecular complexity index is 603. The van der Waals surface area contributed by atoms with Crippen LogP contribution in [0.4, 0.5) is 36.8 Å². The van der Waals surface area contributed by atoms with Crippen LogP contribution in [0.25, 0.3) is 0 Å². The molecule has 0 bridgehead atoms. The van der Waals surface area contributed by atoms with Crippen molar-refractivity contribution < 1.29 is 36.2 Å². The van der Waals surface area contributed by atoms with Crippen LogP contribution in [0.15, 0.2) is 18.5 Å². The molecular formula is C12H11F6N3O2. The van der Waals surface area contributed by atoms with Gasteiger partial charge in [-0.1, -0.05) is 0 Å². The van der Waals surface area contributed by atoms with E-state index in [0.717, 1.165) is 11.1 Å². The summed E-state index contributed by atoms with van der Waals surface area (Å²) in [5.74, 6) is 0. The van der Waals surface area contributed by atoms with Crippen molar-refractivity contribution in [2.75, 3.05) is 18.0 Å². The van der Waals surface area contributed by atoms with E-state index in [1.165, 1.54) is 5.32 Å². The highest BCUT2D eigenvalue weighted by Crippen LogP contribution is 2.40. The van der Waals surface area contributed by atoms with Gasteiger partial charge in [-0.15, -0.1) is 0 Å². The number of pyridine rings is 1. The molecule has 128 valence electrons. The topological polar surface area (TPSA) is 65.5 Å². The lowest BCUT2D eigenvalue weighted by Crippen LogP contribution is -2.60. The second-order valence-corrected chi connectivity index (χ2v) is 5.11. The fourth-order valence-electron chi connectivity index (χ4n) is 2.39. The average molecular weight is 343 g/mol. The van der Waals surface area contributed by atoms with Crippen LogP contribution in [0.3, 0.4) is 0 Å². The maximum atomic E-state index is 13.2. The zero-order chi connectivity index (χ0) is 17.5. The highest BCUT2D eigenvalue weighted by Gasteiger charge is 2.59. The Labute approximate surface area is 125 Å².